The highest BCUT2D eigenvalue weighted by Gasteiger charge is 2.39. The molecule has 108 valence electrons. The summed E-state index contributed by atoms with van der Waals surface area (Å²) < 4.78 is 17.1. The van der Waals surface area contributed by atoms with E-state index >= 15 is 0 Å². The van der Waals surface area contributed by atoms with E-state index in [4.69, 9.17) is 13.3 Å². The first kappa shape index (κ1) is 17.6. The largest absolute Gasteiger partial charge is 0.500 e. The first-order valence-corrected chi connectivity index (χ1v) is 8.75. The van der Waals surface area contributed by atoms with Crippen LogP contribution in [0.1, 0.15) is 40.5 Å². The van der Waals surface area contributed by atoms with Crippen LogP contribution in [0.4, 0.5) is 0 Å². The fraction of sp³-hybridized carbons (Fsp3) is 0.917. The Kier molecular flexibility index (Phi) is 10.2. The molecule has 0 rings (SSSR count). The van der Waals surface area contributed by atoms with Gasteiger partial charge in [-0.1, -0.05) is 0 Å². The number of rotatable bonds is 11. The van der Waals surface area contributed by atoms with Crippen LogP contribution < -0.4 is 5.32 Å². The summed E-state index contributed by atoms with van der Waals surface area (Å²) in [7, 11) is -2.57. The molecule has 0 aliphatic rings. The molecule has 0 aromatic heterocycles. The molecule has 1 N–H and O–H groups in total. The van der Waals surface area contributed by atoms with Gasteiger partial charge in [0.15, 0.2) is 0 Å². The lowest BCUT2D eigenvalue weighted by Gasteiger charge is -2.28. The fourth-order valence-electron chi connectivity index (χ4n) is 1.75. The molecule has 0 saturated heterocycles. The molecule has 0 bridgehead atoms. The van der Waals surface area contributed by atoms with E-state index < -0.39 is 8.80 Å². The summed E-state index contributed by atoms with van der Waals surface area (Å²) in [4.78, 5) is 11.4. The summed E-state index contributed by atoms with van der Waals surface area (Å²) in [6.45, 7) is 10.1. The summed E-state index contributed by atoms with van der Waals surface area (Å²) in [5.41, 5.74) is 0. The zero-order valence-corrected chi connectivity index (χ0v) is 13.1. The highest BCUT2D eigenvalue weighted by Crippen LogP contribution is 2.19. The van der Waals surface area contributed by atoms with Gasteiger partial charge in [0.2, 0.25) is 5.91 Å². The van der Waals surface area contributed by atoms with Gasteiger partial charge in [0, 0.05) is 38.8 Å². The lowest BCUT2D eigenvalue weighted by Crippen LogP contribution is -2.46. The van der Waals surface area contributed by atoms with E-state index in [9.17, 15) is 4.79 Å². The number of amides is 1. The van der Waals surface area contributed by atoms with Crippen LogP contribution in [-0.4, -0.2) is 41.1 Å². The number of nitrogens with one attached hydrogen (secondary N) is 1. The Morgan fingerprint density at radius 1 is 1.00 bits per heavy atom. The maximum absolute atomic E-state index is 11.4. The normalized spacial score (nSPS) is 11.6. The van der Waals surface area contributed by atoms with E-state index in [2.05, 4.69) is 5.32 Å². The minimum atomic E-state index is -2.57. The van der Waals surface area contributed by atoms with Gasteiger partial charge in [0.1, 0.15) is 0 Å². The SMILES string of the molecule is CCNC(=O)CCC[Si](OCC)(OCC)OCC. The Bertz CT molecular complexity index is 209. The molecule has 0 heterocycles. The average Bonchev–Trinajstić information content (AvgIpc) is 2.30. The maximum atomic E-state index is 11.4. The van der Waals surface area contributed by atoms with Gasteiger partial charge in [-0.15, -0.1) is 0 Å². The van der Waals surface area contributed by atoms with Gasteiger partial charge >= 0.3 is 8.80 Å². The summed E-state index contributed by atoms with van der Waals surface area (Å²) in [5, 5.41) is 2.78. The Hall–Kier alpha value is -0.433. The van der Waals surface area contributed by atoms with Crippen molar-refractivity contribution in [1.29, 1.82) is 0 Å². The molecule has 0 aliphatic heterocycles. The fourth-order valence-corrected chi connectivity index (χ4v) is 4.36. The van der Waals surface area contributed by atoms with Gasteiger partial charge in [-0.3, -0.25) is 4.79 Å². The van der Waals surface area contributed by atoms with Gasteiger partial charge in [-0.2, -0.15) is 0 Å². The van der Waals surface area contributed by atoms with Crippen molar-refractivity contribution < 1.29 is 18.1 Å². The smallest absolute Gasteiger partial charge is 0.374 e. The van der Waals surface area contributed by atoms with Crippen LogP contribution in [0.25, 0.3) is 0 Å². The average molecular weight is 277 g/mol. The van der Waals surface area contributed by atoms with Gasteiger partial charge < -0.3 is 18.6 Å². The molecule has 0 unspecified atom stereocenters. The second kappa shape index (κ2) is 10.5. The molecule has 0 aliphatic carbocycles. The zero-order valence-electron chi connectivity index (χ0n) is 12.1. The Balaban J connectivity index is 4.24. The van der Waals surface area contributed by atoms with Crippen molar-refractivity contribution in [1.82, 2.24) is 5.32 Å². The number of carbonyl (C=O) groups excluding carboxylic acids is 1. The third-order valence-corrected chi connectivity index (χ3v) is 5.50. The predicted octanol–water partition coefficient (Wildman–Crippen LogP) is 1.95. The summed E-state index contributed by atoms with van der Waals surface area (Å²) >= 11 is 0. The Labute approximate surface area is 112 Å². The zero-order chi connectivity index (χ0) is 13.9. The Morgan fingerprint density at radius 2 is 1.50 bits per heavy atom. The molecule has 0 saturated carbocycles. The van der Waals surface area contributed by atoms with Crippen molar-refractivity contribution in [3.63, 3.8) is 0 Å². The van der Waals surface area contributed by atoms with Crippen LogP contribution in [0.3, 0.4) is 0 Å². The number of carbonyl (C=O) groups is 1. The van der Waals surface area contributed by atoms with Crippen molar-refractivity contribution in [2.24, 2.45) is 0 Å². The topological polar surface area (TPSA) is 56.8 Å². The molecule has 18 heavy (non-hydrogen) atoms. The first-order valence-electron chi connectivity index (χ1n) is 6.82. The summed E-state index contributed by atoms with van der Waals surface area (Å²) in [6, 6.07) is 0.694. The van der Waals surface area contributed by atoms with Gasteiger partial charge in [-0.25, -0.2) is 0 Å². The van der Waals surface area contributed by atoms with Gasteiger partial charge in [0.05, 0.1) is 0 Å². The van der Waals surface area contributed by atoms with Crippen molar-refractivity contribution >= 4 is 14.7 Å². The number of hydrogen-bond acceptors (Lipinski definition) is 4. The Morgan fingerprint density at radius 3 is 1.89 bits per heavy atom. The molecule has 0 atom stereocenters. The maximum Gasteiger partial charge on any atom is 0.500 e. The molecular formula is C12H27NO4Si. The lowest BCUT2D eigenvalue weighted by molar-refractivity contribution is -0.121. The van der Waals surface area contributed by atoms with Crippen LogP contribution in [0, 0.1) is 0 Å². The predicted molar refractivity (Wildman–Crippen MR) is 73.4 cm³/mol. The van der Waals surface area contributed by atoms with E-state index in [0.29, 0.717) is 38.8 Å². The standard InChI is InChI=1S/C12H27NO4Si/c1-5-13-12(14)10-9-11-18(15-6-2,16-7-3)17-8-4/h5-11H2,1-4H3,(H,13,14). The molecule has 0 aromatic carbocycles. The molecule has 0 radical (unpaired) electrons. The van der Waals surface area contributed by atoms with Crippen molar-refractivity contribution in [3.05, 3.63) is 0 Å². The first-order chi connectivity index (χ1) is 8.64. The van der Waals surface area contributed by atoms with E-state index in [1.807, 2.05) is 27.7 Å². The second-order valence-corrected chi connectivity index (χ2v) is 6.52. The van der Waals surface area contributed by atoms with E-state index in [1.54, 1.807) is 0 Å². The van der Waals surface area contributed by atoms with Gasteiger partial charge in [0.25, 0.3) is 0 Å². The molecule has 6 heteroatoms. The quantitative estimate of drug-likeness (QED) is 0.587. The van der Waals surface area contributed by atoms with Crippen LogP contribution >= 0.6 is 0 Å². The minimum absolute atomic E-state index is 0.0740. The van der Waals surface area contributed by atoms with Crippen LogP contribution in [0.5, 0.6) is 0 Å². The van der Waals surface area contributed by atoms with E-state index in [-0.39, 0.29) is 5.91 Å². The van der Waals surface area contributed by atoms with Crippen LogP contribution in [0.15, 0.2) is 0 Å². The summed E-state index contributed by atoms with van der Waals surface area (Å²) in [5.74, 6) is 0.0740. The lowest BCUT2D eigenvalue weighted by atomic mass is 10.3. The van der Waals surface area contributed by atoms with E-state index in [1.165, 1.54) is 0 Å². The minimum Gasteiger partial charge on any atom is -0.374 e. The summed E-state index contributed by atoms with van der Waals surface area (Å²) in [6.07, 6.45) is 1.23. The second-order valence-electron chi connectivity index (χ2n) is 3.79. The van der Waals surface area contributed by atoms with Crippen molar-refractivity contribution in [2.75, 3.05) is 26.4 Å². The van der Waals surface area contributed by atoms with E-state index in [0.717, 1.165) is 6.42 Å². The molecule has 0 fully saturated rings. The molecular weight excluding hydrogens is 250 g/mol. The molecule has 0 spiro atoms. The van der Waals surface area contributed by atoms with Crippen LogP contribution in [0.2, 0.25) is 6.04 Å². The molecule has 1 amide bonds. The third kappa shape index (κ3) is 7.10. The highest BCUT2D eigenvalue weighted by atomic mass is 28.4. The van der Waals surface area contributed by atoms with Gasteiger partial charge in [-0.05, 0) is 34.1 Å². The van der Waals surface area contributed by atoms with Crippen molar-refractivity contribution in [2.45, 2.75) is 46.6 Å². The third-order valence-electron chi connectivity index (χ3n) is 2.35. The molecule has 5 nitrogen and oxygen atoms in total. The number of hydrogen-bond donors (Lipinski definition) is 1. The monoisotopic (exact) mass is 277 g/mol. The van der Waals surface area contributed by atoms with Crippen molar-refractivity contribution in [3.8, 4) is 0 Å². The van der Waals surface area contributed by atoms with Crippen LogP contribution in [-0.2, 0) is 18.1 Å². The molecule has 0 aromatic rings. The highest BCUT2D eigenvalue weighted by molar-refractivity contribution is 6.60.